The van der Waals surface area contributed by atoms with Crippen molar-refractivity contribution in [2.45, 2.75) is 70.0 Å². The van der Waals surface area contributed by atoms with E-state index >= 15 is 0 Å². The molecule has 0 radical (unpaired) electrons. The van der Waals surface area contributed by atoms with Gasteiger partial charge in [-0.25, -0.2) is 0 Å². The predicted molar refractivity (Wildman–Crippen MR) is 89.6 cm³/mol. The summed E-state index contributed by atoms with van der Waals surface area (Å²) in [6.45, 7) is 0. The quantitative estimate of drug-likeness (QED) is 0.884. The molecule has 1 aromatic carbocycles. The minimum atomic E-state index is -0.0678. The van der Waals surface area contributed by atoms with Gasteiger partial charge in [-0.15, -0.1) is 0 Å². The molecule has 0 bridgehead atoms. The van der Waals surface area contributed by atoms with Crippen LogP contribution in [0.5, 0.6) is 0 Å². The molecule has 0 spiro atoms. The summed E-state index contributed by atoms with van der Waals surface area (Å²) < 4.78 is 0. The smallest absolute Gasteiger partial charge is 0.0540 e. The van der Waals surface area contributed by atoms with E-state index in [-0.39, 0.29) is 12.2 Å². The summed E-state index contributed by atoms with van der Waals surface area (Å²) in [6, 6.07) is 10.9. The van der Waals surface area contributed by atoms with Gasteiger partial charge < -0.3 is 10.2 Å². The summed E-state index contributed by atoms with van der Waals surface area (Å²) in [4.78, 5) is 0. The van der Waals surface area contributed by atoms with Crippen molar-refractivity contribution in [3.05, 3.63) is 35.9 Å². The van der Waals surface area contributed by atoms with Gasteiger partial charge in [0, 0.05) is 0 Å². The summed E-state index contributed by atoms with van der Waals surface area (Å²) in [7, 11) is 0. The SMILES string of the molecule is OC1CCC(C(Cc2ccccc2)C2CCC(O)CC2)CC1. The van der Waals surface area contributed by atoms with Crippen molar-refractivity contribution in [1.29, 1.82) is 0 Å². The maximum Gasteiger partial charge on any atom is 0.0540 e. The molecule has 2 saturated carbocycles. The Morgan fingerprint density at radius 2 is 1.18 bits per heavy atom. The van der Waals surface area contributed by atoms with Crippen molar-refractivity contribution in [3.8, 4) is 0 Å². The van der Waals surface area contributed by atoms with Crippen molar-refractivity contribution >= 4 is 0 Å². The van der Waals surface area contributed by atoms with Gasteiger partial charge in [0.2, 0.25) is 0 Å². The summed E-state index contributed by atoms with van der Waals surface area (Å²) in [5.41, 5.74) is 1.45. The maximum absolute atomic E-state index is 9.81. The van der Waals surface area contributed by atoms with Crippen LogP contribution in [0.4, 0.5) is 0 Å². The lowest BCUT2D eigenvalue weighted by molar-refractivity contribution is 0.0463. The molecule has 0 heterocycles. The Morgan fingerprint density at radius 3 is 1.64 bits per heavy atom. The number of benzene rings is 1. The van der Waals surface area contributed by atoms with Crippen LogP contribution in [0.25, 0.3) is 0 Å². The third kappa shape index (κ3) is 4.11. The molecule has 0 saturated heterocycles. The molecule has 22 heavy (non-hydrogen) atoms. The highest BCUT2D eigenvalue weighted by atomic mass is 16.3. The minimum Gasteiger partial charge on any atom is -0.393 e. The van der Waals surface area contributed by atoms with Gasteiger partial charge in [0.25, 0.3) is 0 Å². The fourth-order valence-electron chi connectivity index (χ4n) is 4.66. The summed E-state index contributed by atoms with van der Waals surface area (Å²) in [5, 5.41) is 19.6. The van der Waals surface area contributed by atoms with Crippen molar-refractivity contribution in [1.82, 2.24) is 0 Å². The zero-order valence-corrected chi connectivity index (χ0v) is 13.5. The number of aliphatic hydroxyl groups is 2. The first-order valence-corrected chi connectivity index (χ1v) is 9.12. The molecular formula is C20H30O2. The Bertz CT molecular complexity index is 406. The van der Waals surface area contributed by atoms with Gasteiger partial charge in [0.15, 0.2) is 0 Å². The molecule has 2 aliphatic rings. The van der Waals surface area contributed by atoms with Gasteiger partial charge >= 0.3 is 0 Å². The van der Waals surface area contributed by atoms with Crippen LogP contribution >= 0.6 is 0 Å². The largest absolute Gasteiger partial charge is 0.393 e. The van der Waals surface area contributed by atoms with Crippen LogP contribution in [0.3, 0.4) is 0 Å². The van der Waals surface area contributed by atoms with Crippen molar-refractivity contribution < 1.29 is 10.2 Å². The molecule has 1 aromatic rings. The van der Waals surface area contributed by atoms with Gasteiger partial charge in [0.05, 0.1) is 12.2 Å². The average molecular weight is 302 g/mol. The third-order valence-electron chi connectivity index (χ3n) is 6.01. The van der Waals surface area contributed by atoms with Gasteiger partial charge in [-0.2, -0.15) is 0 Å². The fraction of sp³-hybridized carbons (Fsp3) is 0.700. The molecular weight excluding hydrogens is 272 g/mol. The van der Waals surface area contributed by atoms with Crippen LogP contribution in [0, 0.1) is 17.8 Å². The van der Waals surface area contributed by atoms with E-state index in [1.807, 2.05) is 0 Å². The van der Waals surface area contributed by atoms with Crippen LogP contribution in [-0.2, 0) is 6.42 Å². The normalized spacial score (nSPS) is 34.3. The van der Waals surface area contributed by atoms with Crippen molar-refractivity contribution in [2.75, 3.05) is 0 Å². The molecule has 2 fully saturated rings. The topological polar surface area (TPSA) is 40.5 Å². The fourth-order valence-corrected chi connectivity index (χ4v) is 4.66. The standard InChI is InChI=1S/C20H30O2/c21-18-10-6-16(7-11-18)20(14-15-4-2-1-3-5-15)17-8-12-19(22)13-9-17/h1-5,16-22H,6-14H2. The second-order valence-electron chi connectivity index (χ2n) is 7.49. The third-order valence-corrected chi connectivity index (χ3v) is 6.01. The van der Waals surface area contributed by atoms with E-state index in [1.165, 1.54) is 37.7 Å². The first-order chi connectivity index (χ1) is 10.7. The lowest BCUT2D eigenvalue weighted by Crippen LogP contribution is -2.33. The van der Waals surface area contributed by atoms with Gasteiger partial charge in [-0.3, -0.25) is 0 Å². The van der Waals surface area contributed by atoms with E-state index in [4.69, 9.17) is 0 Å². The zero-order chi connectivity index (χ0) is 15.4. The Hall–Kier alpha value is -0.860. The molecule has 2 nitrogen and oxygen atoms in total. The van der Waals surface area contributed by atoms with Crippen molar-refractivity contribution in [3.63, 3.8) is 0 Å². The summed E-state index contributed by atoms with van der Waals surface area (Å²) >= 11 is 0. The average Bonchev–Trinajstić information content (AvgIpc) is 2.56. The van der Waals surface area contributed by atoms with Crippen molar-refractivity contribution in [2.24, 2.45) is 17.8 Å². The van der Waals surface area contributed by atoms with Crippen LogP contribution in [0.2, 0.25) is 0 Å². The highest BCUT2D eigenvalue weighted by molar-refractivity contribution is 5.15. The first-order valence-electron chi connectivity index (χ1n) is 9.12. The Labute approximate surface area is 134 Å². The highest BCUT2D eigenvalue weighted by Crippen LogP contribution is 2.41. The van der Waals surface area contributed by atoms with Crippen LogP contribution in [0.1, 0.15) is 56.9 Å². The predicted octanol–water partition coefficient (Wildman–Crippen LogP) is 3.95. The number of hydrogen-bond donors (Lipinski definition) is 2. The summed E-state index contributed by atoms with van der Waals surface area (Å²) in [6.07, 6.45) is 9.66. The van der Waals surface area contributed by atoms with E-state index in [0.717, 1.165) is 43.4 Å². The molecule has 2 aliphatic carbocycles. The van der Waals surface area contributed by atoms with Gasteiger partial charge in [-0.1, -0.05) is 30.3 Å². The van der Waals surface area contributed by atoms with E-state index in [9.17, 15) is 10.2 Å². The Balaban J connectivity index is 1.70. The second kappa shape index (κ2) is 7.61. The molecule has 2 N–H and O–H groups in total. The molecule has 0 atom stereocenters. The first kappa shape index (κ1) is 16.0. The van der Waals surface area contributed by atoms with E-state index in [2.05, 4.69) is 30.3 Å². The van der Waals surface area contributed by atoms with Crippen LogP contribution < -0.4 is 0 Å². The molecule has 0 aromatic heterocycles. The maximum atomic E-state index is 9.81. The molecule has 2 heteroatoms. The molecule has 0 aliphatic heterocycles. The number of rotatable bonds is 4. The van der Waals surface area contributed by atoms with E-state index in [1.54, 1.807) is 0 Å². The molecule has 3 rings (SSSR count). The number of hydrogen-bond acceptors (Lipinski definition) is 2. The minimum absolute atomic E-state index is 0.0678. The zero-order valence-electron chi connectivity index (χ0n) is 13.5. The summed E-state index contributed by atoms with van der Waals surface area (Å²) in [5.74, 6) is 2.23. The lowest BCUT2D eigenvalue weighted by Gasteiger charge is -2.39. The monoisotopic (exact) mass is 302 g/mol. The Kier molecular flexibility index (Phi) is 5.54. The van der Waals surface area contributed by atoms with Gasteiger partial charge in [0.1, 0.15) is 0 Å². The number of aliphatic hydroxyl groups excluding tert-OH is 2. The van der Waals surface area contributed by atoms with Gasteiger partial charge in [-0.05, 0) is 81.1 Å². The van der Waals surface area contributed by atoms with Crippen LogP contribution in [-0.4, -0.2) is 22.4 Å². The van der Waals surface area contributed by atoms with E-state index < -0.39 is 0 Å². The Morgan fingerprint density at radius 1 is 0.727 bits per heavy atom. The van der Waals surface area contributed by atoms with Crippen LogP contribution in [0.15, 0.2) is 30.3 Å². The highest BCUT2D eigenvalue weighted by Gasteiger charge is 2.34. The van der Waals surface area contributed by atoms with E-state index in [0.29, 0.717) is 0 Å². The molecule has 0 unspecified atom stereocenters. The lowest BCUT2D eigenvalue weighted by atomic mass is 9.67. The molecule has 0 amide bonds. The second-order valence-corrected chi connectivity index (χ2v) is 7.49. The molecule has 122 valence electrons.